The molecule has 112 valence electrons. The highest BCUT2D eigenvalue weighted by atomic mass is 16.5. The third kappa shape index (κ3) is 2.90. The molecule has 0 unspecified atom stereocenters. The summed E-state index contributed by atoms with van der Waals surface area (Å²) in [6.07, 6.45) is 2.37. The number of ether oxygens (including phenoxy) is 1. The Balaban J connectivity index is 1.75. The van der Waals surface area contributed by atoms with Crippen LogP contribution >= 0.6 is 0 Å². The molecule has 0 radical (unpaired) electrons. The minimum Gasteiger partial charge on any atom is -0.496 e. The number of nitrogens with zero attached hydrogens (tertiary/aromatic N) is 5. The van der Waals surface area contributed by atoms with Gasteiger partial charge in [-0.05, 0) is 43.3 Å². The highest BCUT2D eigenvalue weighted by Gasteiger charge is 2.28. The number of benzene rings is 1. The van der Waals surface area contributed by atoms with Gasteiger partial charge in [-0.3, -0.25) is 4.90 Å². The predicted octanol–water partition coefficient (Wildman–Crippen LogP) is 2.21. The standard InChI is InChI=1S/C15H21N5O/c1-11(13-6-4-5-7-14(13)21-3)19(2)10-15-16-17-18-20(15)12-8-9-12/h4-7,11-12H,8-10H2,1-3H3/t11-/m0/s1. The number of rotatable bonds is 6. The summed E-state index contributed by atoms with van der Waals surface area (Å²) >= 11 is 0. The molecule has 0 aliphatic heterocycles. The number of para-hydroxylation sites is 1. The molecule has 1 saturated carbocycles. The number of hydrogen-bond donors (Lipinski definition) is 0. The Kier molecular flexibility index (Phi) is 3.88. The van der Waals surface area contributed by atoms with Crippen LogP contribution in [-0.2, 0) is 6.54 Å². The van der Waals surface area contributed by atoms with Gasteiger partial charge in [0, 0.05) is 11.6 Å². The summed E-state index contributed by atoms with van der Waals surface area (Å²) in [4.78, 5) is 2.24. The fourth-order valence-electron chi connectivity index (χ4n) is 2.53. The van der Waals surface area contributed by atoms with Crippen molar-refractivity contribution in [1.82, 2.24) is 25.1 Å². The summed E-state index contributed by atoms with van der Waals surface area (Å²) in [6.45, 7) is 2.89. The van der Waals surface area contributed by atoms with Crippen LogP contribution in [0.1, 0.15) is 43.2 Å². The first-order valence-corrected chi connectivity index (χ1v) is 7.30. The summed E-state index contributed by atoms with van der Waals surface area (Å²) in [7, 11) is 3.79. The maximum atomic E-state index is 5.45. The molecule has 1 heterocycles. The number of hydrogen-bond acceptors (Lipinski definition) is 5. The predicted molar refractivity (Wildman–Crippen MR) is 79.0 cm³/mol. The molecule has 0 spiro atoms. The van der Waals surface area contributed by atoms with Gasteiger partial charge in [-0.15, -0.1) is 5.10 Å². The Morgan fingerprint density at radius 1 is 1.38 bits per heavy atom. The van der Waals surface area contributed by atoms with Gasteiger partial charge in [0.05, 0.1) is 19.7 Å². The molecule has 0 saturated heterocycles. The van der Waals surface area contributed by atoms with Gasteiger partial charge in [-0.25, -0.2) is 4.68 Å². The lowest BCUT2D eigenvalue weighted by molar-refractivity contribution is 0.236. The second-order valence-corrected chi connectivity index (χ2v) is 5.60. The minimum absolute atomic E-state index is 0.227. The Bertz CT molecular complexity index is 608. The zero-order valence-corrected chi connectivity index (χ0v) is 12.7. The van der Waals surface area contributed by atoms with Crippen LogP contribution in [0.25, 0.3) is 0 Å². The third-order valence-corrected chi connectivity index (χ3v) is 4.09. The molecule has 0 amide bonds. The summed E-state index contributed by atoms with van der Waals surface area (Å²) in [5, 5.41) is 12.1. The van der Waals surface area contributed by atoms with Crippen LogP contribution in [0.3, 0.4) is 0 Å². The van der Waals surface area contributed by atoms with E-state index in [1.165, 1.54) is 18.4 Å². The van der Waals surface area contributed by atoms with Crippen molar-refractivity contribution in [3.63, 3.8) is 0 Å². The Labute approximate surface area is 124 Å². The first kappa shape index (κ1) is 14.0. The van der Waals surface area contributed by atoms with Crippen LogP contribution in [0.2, 0.25) is 0 Å². The van der Waals surface area contributed by atoms with E-state index in [1.807, 2.05) is 22.9 Å². The van der Waals surface area contributed by atoms with Gasteiger partial charge in [0.2, 0.25) is 0 Å². The Morgan fingerprint density at radius 3 is 2.86 bits per heavy atom. The van der Waals surface area contributed by atoms with Gasteiger partial charge in [0.15, 0.2) is 5.82 Å². The van der Waals surface area contributed by atoms with E-state index in [1.54, 1.807) is 7.11 Å². The molecule has 2 aromatic rings. The van der Waals surface area contributed by atoms with E-state index >= 15 is 0 Å². The molecule has 6 nitrogen and oxygen atoms in total. The first-order chi connectivity index (χ1) is 10.2. The zero-order valence-electron chi connectivity index (χ0n) is 12.7. The largest absolute Gasteiger partial charge is 0.496 e. The SMILES string of the molecule is COc1ccccc1[C@H](C)N(C)Cc1nnnn1C1CC1. The quantitative estimate of drug-likeness (QED) is 0.815. The summed E-state index contributed by atoms with van der Waals surface area (Å²) < 4.78 is 7.42. The lowest BCUT2D eigenvalue weighted by atomic mass is 10.1. The molecule has 1 atom stereocenters. The zero-order chi connectivity index (χ0) is 14.8. The lowest BCUT2D eigenvalue weighted by Crippen LogP contribution is -2.24. The van der Waals surface area contributed by atoms with Crippen LogP contribution in [0.5, 0.6) is 5.75 Å². The molecule has 1 aliphatic carbocycles. The van der Waals surface area contributed by atoms with Crippen LogP contribution in [-0.4, -0.2) is 39.3 Å². The molecule has 3 rings (SSSR count). The Hall–Kier alpha value is -1.95. The molecule has 1 aliphatic rings. The molecule has 1 aromatic carbocycles. The van der Waals surface area contributed by atoms with Gasteiger partial charge in [-0.2, -0.15) is 0 Å². The molecule has 1 fully saturated rings. The van der Waals surface area contributed by atoms with Crippen molar-refractivity contribution in [1.29, 1.82) is 0 Å². The van der Waals surface area contributed by atoms with Crippen molar-refractivity contribution in [2.75, 3.05) is 14.2 Å². The molecular weight excluding hydrogens is 266 g/mol. The fourth-order valence-corrected chi connectivity index (χ4v) is 2.53. The third-order valence-electron chi connectivity index (χ3n) is 4.09. The smallest absolute Gasteiger partial charge is 0.165 e. The summed E-state index contributed by atoms with van der Waals surface area (Å²) in [5.41, 5.74) is 1.17. The van der Waals surface area contributed by atoms with Crippen molar-refractivity contribution in [3.8, 4) is 5.75 Å². The minimum atomic E-state index is 0.227. The van der Waals surface area contributed by atoms with Crippen molar-refractivity contribution in [2.45, 2.75) is 38.4 Å². The van der Waals surface area contributed by atoms with Crippen molar-refractivity contribution >= 4 is 0 Å². The van der Waals surface area contributed by atoms with E-state index < -0.39 is 0 Å². The second kappa shape index (κ2) is 5.81. The van der Waals surface area contributed by atoms with Crippen LogP contribution in [0.15, 0.2) is 24.3 Å². The maximum absolute atomic E-state index is 5.45. The van der Waals surface area contributed by atoms with E-state index in [0.717, 1.165) is 18.1 Å². The maximum Gasteiger partial charge on any atom is 0.165 e. The number of tetrazole rings is 1. The fraction of sp³-hybridized carbons (Fsp3) is 0.533. The molecule has 0 bridgehead atoms. The van der Waals surface area contributed by atoms with Crippen LogP contribution < -0.4 is 4.74 Å². The van der Waals surface area contributed by atoms with Crippen LogP contribution in [0, 0.1) is 0 Å². The molecular formula is C15H21N5O. The van der Waals surface area contributed by atoms with E-state index in [0.29, 0.717) is 6.04 Å². The monoisotopic (exact) mass is 287 g/mol. The number of methoxy groups -OCH3 is 1. The normalized spacial score (nSPS) is 16.2. The molecule has 21 heavy (non-hydrogen) atoms. The van der Waals surface area contributed by atoms with E-state index in [2.05, 4.69) is 40.5 Å². The average Bonchev–Trinajstić information content (AvgIpc) is 3.26. The molecule has 1 aromatic heterocycles. The van der Waals surface area contributed by atoms with Gasteiger partial charge in [0.1, 0.15) is 5.75 Å². The first-order valence-electron chi connectivity index (χ1n) is 7.30. The van der Waals surface area contributed by atoms with Crippen molar-refractivity contribution in [3.05, 3.63) is 35.7 Å². The van der Waals surface area contributed by atoms with Crippen molar-refractivity contribution in [2.24, 2.45) is 0 Å². The topological polar surface area (TPSA) is 56.1 Å². The second-order valence-electron chi connectivity index (χ2n) is 5.60. The van der Waals surface area contributed by atoms with E-state index in [-0.39, 0.29) is 6.04 Å². The van der Waals surface area contributed by atoms with Crippen LogP contribution in [0.4, 0.5) is 0 Å². The van der Waals surface area contributed by atoms with Gasteiger partial charge >= 0.3 is 0 Å². The van der Waals surface area contributed by atoms with Gasteiger partial charge < -0.3 is 4.74 Å². The highest BCUT2D eigenvalue weighted by Crippen LogP contribution is 2.35. The number of aromatic nitrogens is 4. The lowest BCUT2D eigenvalue weighted by Gasteiger charge is -2.25. The van der Waals surface area contributed by atoms with Crippen molar-refractivity contribution < 1.29 is 4.74 Å². The molecule has 6 heteroatoms. The Morgan fingerprint density at radius 2 is 2.14 bits per heavy atom. The molecule has 0 N–H and O–H groups in total. The van der Waals surface area contributed by atoms with Gasteiger partial charge in [0.25, 0.3) is 0 Å². The van der Waals surface area contributed by atoms with E-state index in [4.69, 9.17) is 4.74 Å². The average molecular weight is 287 g/mol. The van der Waals surface area contributed by atoms with Gasteiger partial charge in [-0.1, -0.05) is 18.2 Å². The highest BCUT2D eigenvalue weighted by molar-refractivity contribution is 5.35. The summed E-state index contributed by atoms with van der Waals surface area (Å²) in [5.74, 6) is 1.85. The van der Waals surface area contributed by atoms with E-state index in [9.17, 15) is 0 Å². The summed E-state index contributed by atoms with van der Waals surface area (Å²) in [6, 6.07) is 8.85.